The van der Waals surface area contributed by atoms with Crippen LogP contribution in [-0.4, -0.2) is 39.0 Å². The van der Waals surface area contributed by atoms with Crippen molar-refractivity contribution in [1.29, 1.82) is 0 Å². The second-order valence-electron chi connectivity index (χ2n) is 7.99. The van der Waals surface area contributed by atoms with Crippen molar-refractivity contribution in [1.82, 2.24) is 9.62 Å². The fourth-order valence-corrected chi connectivity index (χ4v) is 5.25. The molecule has 4 nitrogen and oxygen atoms in total. The monoisotopic (exact) mass is 364 g/mol. The summed E-state index contributed by atoms with van der Waals surface area (Å²) in [4.78, 5) is 3.00. The molecule has 1 heterocycles. The molecule has 25 heavy (non-hydrogen) atoms. The van der Waals surface area contributed by atoms with E-state index in [1.165, 1.54) is 31.2 Å². The van der Waals surface area contributed by atoms with E-state index in [-0.39, 0.29) is 0 Å². The molecule has 1 N–H and O–H groups in total. The number of nitrogens with one attached hydrogen (secondary N) is 1. The molecule has 0 atom stereocenters. The van der Waals surface area contributed by atoms with Gasteiger partial charge in [-0.15, -0.1) is 0 Å². The lowest BCUT2D eigenvalue weighted by molar-refractivity contribution is 0.135. The average Bonchev–Trinajstić information content (AvgIpc) is 3.15. The minimum absolute atomic E-state index is 0.375. The van der Waals surface area contributed by atoms with Crippen molar-refractivity contribution in [3.8, 4) is 0 Å². The van der Waals surface area contributed by atoms with E-state index < -0.39 is 10.0 Å². The molecule has 1 saturated carbocycles. The zero-order valence-electron chi connectivity index (χ0n) is 15.6. The van der Waals surface area contributed by atoms with Gasteiger partial charge in [0.25, 0.3) is 0 Å². The van der Waals surface area contributed by atoms with Gasteiger partial charge in [-0.2, -0.15) is 0 Å². The first-order valence-electron chi connectivity index (χ1n) is 9.79. The molecule has 2 fully saturated rings. The molecule has 1 aromatic carbocycles. The second-order valence-corrected chi connectivity index (χ2v) is 9.76. The van der Waals surface area contributed by atoms with E-state index in [9.17, 15) is 8.42 Å². The quantitative estimate of drug-likeness (QED) is 0.836. The number of likely N-dealkylation sites (tertiary alicyclic amines) is 1. The van der Waals surface area contributed by atoms with Gasteiger partial charge >= 0.3 is 0 Å². The lowest BCUT2D eigenvalue weighted by Gasteiger charge is -2.36. The molecular weight excluding hydrogens is 332 g/mol. The molecule has 2 aliphatic rings. The van der Waals surface area contributed by atoms with Crippen molar-refractivity contribution >= 4 is 10.0 Å². The molecule has 140 valence electrons. The lowest BCUT2D eigenvalue weighted by Crippen LogP contribution is -2.42. The molecule has 3 rings (SSSR count). The summed E-state index contributed by atoms with van der Waals surface area (Å²) in [7, 11) is -3.39. The van der Waals surface area contributed by atoms with Gasteiger partial charge in [0.15, 0.2) is 0 Å². The SMILES string of the molecule is CC(C)c1ccc(S(=O)(=O)NCC2CCN(C3CCCC3)CC2)cc1. The highest BCUT2D eigenvalue weighted by molar-refractivity contribution is 7.89. The highest BCUT2D eigenvalue weighted by Crippen LogP contribution is 2.27. The molecule has 1 saturated heterocycles. The van der Waals surface area contributed by atoms with Crippen LogP contribution < -0.4 is 4.72 Å². The Morgan fingerprint density at radius 1 is 1.04 bits per heavy atom. The van der Waals surface area contributed by atoms with Crippen molar-refractivity contribution < 1.29 is 8.42 Å². The molecule has 0 aromatic heterocycles. The number of benzene rings is 1. The molecule has 5 heteroatoms. The number of piperidine rings is 1. The van der Waals surface area contributed by atoms with Gasteiger partial charge in [0.2, 0.25) is 10.0 Å². The van der Waals surface area contributed by atoms with Gasteiger partial charge in [-0.1, -0.05) is 38.8 Å². The Morgan fingerprint density at radius 2 is 1.64 bits per heavy atom. The van der Waals surface area contributed by atoms with Crippen molar-refractivity contribution in [3.05, 3.63) is 29.8 Å². The summed E-state index contributed by atoms with van der Waals surface area (Å²) >= 11 is 0. The van der Waals surface area contributed by atoms with Crippen LogP contribution in [0.3, 0.4) is 0 Å². The van der Waals surface area contributed by atoms with Crippen molar-refractivity contribution in [2.45, 2.75) is 69.2 Å². The summed E-state index contributed by atoms with van der Waals surface area (Å²) < 4.78 is 27.8. The third kappa shape index (κ3) is 4.83. The van der Waals surface area contributed by atoms with E-state index in [1.54, 1.807) is 12.1 Å². The van der Waals surface area contributed by atoms with Crippen molar-refractivity contribution in [2.24, 2.45) is 5.92 Å². The maximum atomic E-state index is 12.5. The van der Waals surface area contributed by atoms with E-state index in [0.29, 0.717) is 23.3 Å². The number of nitrogens with zero attached hydrogens (tertiary/aromatic N) is 1. The maximum absolute atomic E-state index is 12.5. The molecular formula is C20H32N2O2S. The van der Waals surface area contributed by atoms with E-state index in [2.05, 4.69) is 23.5 Å². The van der Waals surface area contributed by atoms with Crippen LogP contribution in [-0.2, 0) is 10.0 Å². The van der Waals surface area contributed by atoms with Crippen LogP contribution in [0.4, 0.5) is 0 Å². The van der Waals surface area contributed by atoms with Gasteiger partial charge in [-0.05, 0) is 68.3 Å². The Labute approximate surface area is 153 Å². The highest BCUT2D eigenvalue weighted by atomic mass is 32.2. The average molecular weight is 365 g/mol. The first kappa shape index (κ1) is 18.9. The fourth-order valence-electron chi connectivity index (χ4n) is 4.13. The van der Waals surface area contributed by atoms with Crippen LogP contribution in [0.25, 0.3) is 0 Å². The van der Waals surface area contributed by atoms with Crippen LogP contribution in [0.1, 0.15) is 63.9 Å². The molecule has 0 amide bonds. The summed E-state index contributed by atoms with van der Waals surface area (Å²) in [6.07, 6.45) is 7.66. The van der Waals surface area contributed by atoms with Crippen molar-refractivity contribution in [2.75, 3.05) is 19.6 Å². The maximum Gasteiger partial charge on any atom is 0.240 e. The number of rotatable bonds is 6. The topological polar surface area (TPSA) is 49.4 Å². The van der Waals surface area contributed by atoms with Crippen LogP contribution >= 0.6 is 0 Å². The summed E-state index contributed by atoms with van der Waals surface area (Å²) in [6, 6.07) is 8.07. The summed E-state index contributed by atoms with van der Waals surface area (Å²) in [6.45, 7) is 7.03. The first-order valence-corrected chi connectivity index (χ1v) is 11.3. The summed E-state index contributed by atoms with van der Waals surface area (Å²) in [5.74, 6) is 0.872. The zero-order valence-corrected chi connectivity index (χ0v) is 16.4. The summed E-state index contributed by atoms with van der Waals surface area (Å²) in [5.41, 5.74) is 1.17. The van der Waals surface area contributed by atoms with Gasteiger partial charge in [0, 0.05) is 12.6 Å². The molecule has 1 aromatic rings. The van der Waals surface area contributed by atoms with E-state index in [1.807, 2.05) is 12.1 Å². The van der Waals surface area contributed by atoms with E-state index in [0.717, 1.165) is 32.0 Å². The number of hydrogen-bond acceptors (Lipinski definition) is 3. The van der Waals surface area contributed by atoms with E-state index in [4.69, 9.17) is 0 Å². The standard InChI is InChI=1S/C20H32N2O2S/c1-16(2)18-7-9-20(10-8-18)25(23,24)21-15-17-11-13-22(14-12-17)19-5-3-4-6-19/h7-10,16-17,19,21H,3-6,11-15H2,1-2H3. The number of sulfonamides is 1. The third-order valence-corrected chi connectivity index (χ3v) is 7.35. The first-order chi connectivity index (χ1) is 12.0. The normalized spacial score (nSPS) is 21.2. The largest absolute Gasteiger partial charge is 0.300 e. The second kappa shape index (κ2) is 8.19. The smallest absolute Gasteiger partial charge is 0.240 e. The zero-order chi connectivity index (χ0) is 17.9. The Bertz CT molecular complexity index is 641. The van der Waals surface area contributed by atoms with Crippen LogP contribution in [0.15, 0.2) is 29.2 Å². The Kier molecular flexibility index (Phi) is 6.18. The molecule has 0 unspecified atom stereocenters. The lowest BCUT2D eigenvalue weighted by atomic mass is 9.96. The predicted molar refractivity (Wildman–Crippen MR) is 102 cm³/mol. The fraction of sp³-hybridized carbons (Fsp3) is 0.700. The molecule has 0 radical (unpaired) electrons. The Morgan fingerprint density at radius 3 is 2.20 bits per heavy atom. The molecule has 0 spiro atoms. The minimum Gasteiger partial charge on any atom is -0.300 e. The molecule has 1 aliphatic carbocycles. The molecule has 1 aliphatic heterocycles. The van der Waals surface area contributed by atoms with Crippen LogP contribution in [0.5, 0.6) is 0 Å². The van der Waals surface area contributed by atoms with Gasteiger partial charge < -0.3 is 4.90 Å². The van der Waals surface area contributed by atoms with Gasteiger partial charge in [0.1, 0.15) is 0 Å². The Balaban J connectivity index is 1.49. The number of hydrogen-bond donors (Lipinski definition) is 1. The minimum atomic E-state index is -3.39. The van der Waals surface area contributed by atoms with Gasteiger partial charge in [-0.3, -0.25) is 0 Å². The Hall–Kier alpha value is -0.910. The van der Waals surface area contributed by atoms with E-state index >= 15 is 0 Å². The van der Waals surface area contributed by atoms with Crippen LogP contribution in [0, 0.1) is 5.92 Å². The van der Waals surface area contributed by atoms with Crippen LogP contribution in [0.2, 0.25) is 0 Å². The third-order valence-electron chi connectivity index (χ3n) is 5.91. The summed E-state index contributed by atoms with van der Waals surface area (Å²) in [5, 5.41) is 0. The predicted octanol–water partition coefficient (Wildman–Crippen LogP) is 3.74. The van der Waals surface area contributed by atoms with Gasteiger partial charge in [0.05, 0.1) is 4.90 Å². The van der Waals surface area contributed by atoms with Gasteiger partial charge in [-0.25, -0.2) is 13.1 Å². The highest BCUT2D eigenvalue weighted by Gasteiger charge is 2.27. The molecule has 0 bridgehead atoms. The van der Waals surface area contributed by atoms with Crippen molar-refractivity contribution in [3.63, 3.8) is 0 Å².